The van der Waals surface area contributed by atoms with Crippen LogP contribution in [0.15, 0.2) is 0 Å². The van der Waals surface area contributed by atoms with Crippen LogP contribution in [0.1, 0.15) is 64.2 Å². The molecule has 0 aromatic carbocycles. The SMILES string of the molecule is NC1(C(=O)NCCNC(=O)C2(N)CCCCC2)CCCCC1. The minimum atomic E-state index is -0.722. The van der Waals surface area contributed by atoms with Crippen LogP contribution in [0.3, 0.4) is 0 Å². The Hall–Kier alpha value is -1.14. The Balaban J connectivity index is 1.68. The van der Waals surface area contributed by atoms with Crippen LogP contribution >= 0.6 is 0 Å². The van der Waals surface area contributed by atoms with Crippen LogP contribution in [0.4, 0.5) is 0 Å². The van der Waals surface area contributed by atoms with Crippen molar-refractivity contribution in [2.75, 3.05) is 13.1 Å². The van der Waals surface area contributed by atoms with Gasteiger partial charge in [0.15, 0.2) is 0 Å². The molecule has 2 aliphatic rings. The summed E-state index contributed by atoms with van der Waals surface area (Å²) in [6.45, 7) is 0.805. The van der Waals surface area contributed by atoms with E-state index in [-0.39, 0.29) is 11.8 Å². The number of rotatable bonds is 5. The molecule has 0 spiro atoms. The van der Waals surface area contributed by atoms with E-state index in [4.69, 9.17) is 11.5 Å². The van der Waals surface area contributed by atoms with E-state index in [1.165, 1.54) is 0 Å². The molecule has 126 valence electrons. The smallest absolute Gasteiger partial charge is 0.240 e. The Labute approximate surface area is 132 Å². The summed E-state index contributed by atoms with van der Waals surface area (Å²) in [5, 5.41) is 5.69. The molecular weight excluding hydrogens is 280 g/mol. The van der Waals surface area contributed by atoms with Crippen LogP contribution in [0.25, 0.3) is 0 Å². The van der Waals surface area contributed by atoms with E-state index in [9.17, 15) is 9.59 Å². The van der Waals surface area contributed by atoms with Crippen molar-refractivity contribution in [2.45, 2.75) is 75.3 Å². The number of nitrogens with two attached hydrogens (primary N) is 2. The van der Waals surface area contributed by atoms with Crippen LogP contribution in [0, 0.1) is 0 Å². The molecule has 0 radical (unpaired) electrons. The highest BCUT2D eigenvalue weighted by Crippen LogP contribution is 2.26. The van der Waals surface area contributed by atoms with Gasteiger partial charge in [0, 0.05) is 13.1 Å². The molecule has 0 aromatic rings. The third-order valence-corrected chi connectivity index (χ3v) is 5.09. The molecule has 0 aromatic heterocycles. The molecule has 0 unspecified atom stereocenters. The molecule has 6 heteroatoms. The Morgan fingerprint density at radius 3 is 1.32 bits per heavy atom. The maximum atomic E-state index is 12.2. The zero-order valence-electron chi connectivity index (χ0n) is 13.5. The Morgan fingerprint density at radius 2 is 1.00 bits per heavy atom. The Kier molecular flexibility index (Phi) is 5.81. The third-order valence-electron chi connectivity index (χ3n) is 5.09. The quantitative estimate of drug-likeness (QED) is 0.555. The van der Waals surface area contributed by atoms with Crippen molar-refractivity contribution in [3.8, 4) is 0 Å². The van der Waals surface area contributed by atoms with Crippen molar-refractivity contribution in [1.29, 1.82) is 0 Å². The second-order valence-electron chi connectivity index (χ2n) is 6.95. The van der Waals surface area contributed by atoms with Gasteiger partial charge in [-0.1, -0.05) is 38.5 Å². The molecule has 6 nitrogen and oxygen atoms in total. The van der Waals surface area contributed by atoms with Gasteiger partial charge in [-0.05, 0) is 25.7 Å². The fourth-order valence-electron chi connectivity index (χ4n) is 3.52. The van der Waals surface area contributed by atoms with Crippen molar-refractivity contribution in [1.82, 2.24) is 10.6 Å². The van der Waals surface area contributed by atoms with Crippen LogP contribution in [0.2, 0.25) is 0 Å². The molecule has 2 aliphatic carbocycles. The summed E-state index contributed by atoms with van der Waals surface area (Å²) in [7, 11) is 0. The molecule has 0 aliphatic heterocycles. The minimum Gasteiger partial charge on any atom is -0.353 e. The fourth-order valence-corrected chi connectivity index (χ4v) is 3.52. The summed E-state index contributed by atoms with van der Waals surface area (Å²) < 4.78 is 0. The second-order valence-corrected chi connectivity index (χ2v) is 6.95. The van der Waals surface area contributed by atoms with Gasteiger partial charge in [0.1, 0.15) is 0 Å². The average Bonchev–Trinajstić information content (AvgIpc) is 2.52. The summed E-state index contributed by atoms with van der Waals surface area (Å²) in [6.07, 6.45) is 9.34. The van der Waals surface area contributed by atoms with Gasteiger partial charge in [0.05, 0.1) is 11.1 Å². The Morgan fingerprint density at radius 1 is 0.682 bits per heavy atom. The minimum absolute atomic E-state index is 0.0958. The van der Waals surface area contributed by atoms with E-state index in [1.807, 2.05) is 0 Å². The lowest BCUT2D eigenvalue weighted by Gasteiger charge is -2.32. The van der Waals surface area contributed by atoms with Crippen LogP contribution in [0.5, 0.6) is 0 Å². The van der Waals surface area contributed by atoms with E-state index >= 15 is 0 Å². The van der Waals surface area contributed by atoms with Crippen LogP contribution in [-0.2, 0) is 9.59 Å². The van der Waals surface area contributed by atoms with Crippen molar-refractivity contribution < 1.29 is 9.59 Å². The fraction of sp³-hybridized carbons (Fsp3) is 0.875. The highest BCUT2D eigenvalue weighted by Gasteiger charge is 2.36. The normalized spacial score (nSPS) is 23.5. The zero-order valence-corrected chi connectivity index (χ0v) is 13.5. The average molecular weight is 310 g/mol. The first kappa shape index (κ1) is 17.2. The molecule has 6 N–H and O–H groups in total. The van der Waals surface area contributed by atoms with Gasteiger partial charge in [0.25, 0.3) is 0 Å². The van der Waals surface area contributed by atoms with Gasteiger partial charge in [-0.25, -0.2) is 0 Å². The number of carbonyl (C=O) groups excluding carboxylic acids is 2. The lowest BCUT2D eigenvalue weighted by Crippen LogP contribution is -2.57. The van der Waals surface area contributed by atoms with E-state index in [1.54, 1.807) is 0 Å². The molecule has 22 heavy (non-hydrogen) atoms. The van der Waals surface area contributed by atoms with Gasteiger partial charge < -0.3 is 22.1 Å². The first-order chi connectivity index (χ1) is 10.5. The van der Waals surface area contributed by atoms with Crippen LogP contribution < -0.4 is 22.1 Å². The number of nitrogens with one attached hydrogen (secondary N) is 2. The molecule has 2 fully saturated rings. The molecular formula is C16H30N4O2. The standard InChI is InChI=1S/C16H30N4O2/c17-15(7-3-1-4-8-15)13(21)19-11-12-20-14(22)16(18)9-5-2-6-10-16/h1-12,17-18H2,(H,19,21)(H,20,22). The summed E-state index contributed by atoms with van der Waals surface area (Å²) in [4.78, 5) is 24.3. The summed E-state index contributed by atoms with van der Waals surface area (Å²) in [6, 6.07) is 0. The largest absolute Gasteiger partial charge is 0.353 e. The van der Waals surface area contributed by atoms with Gasteiger partial charge >= 0.3 is 0 Å². The van der Waals surface area contributed by atoms with Gasteiger partial charge in [-0.15, -0.1) is 0 Å². The molecule has 0 bridgehead atoms. The van der Waals surface area contributed by atoms with Gasteiger partial charge in [0.2, 0.25) is 11.8 Å². The first-order valence-electron chi connectivity index (χ1n) is 8.61. The second kappa shape index (κ2) is 7.42. The van der Waals surface area contributed by atoms with E-state index in [2.05, 4.69) is 10.6 Å². The highest BCUT2D eigenvalue weighted by atomic mass is 16.2. The van der Waals surface area contributed by atoms with Gasteiger partial charge in [-0.2, -0.15) is 0 Å². The number of hydrogen-bond donors (Lipinski definition) is 4. The monoisotopic (exact) mass is 310 g/mol. The lowest BCUT2D eigenvalue weighted by atomic mass is 9.82. The van der Waals surface area contributed by atoms with Crippen molar-refractivity contribution >= 4 is 11.8 Å². The molecule has 2 rings (SSSR count). The third kappa shape index (κ3) is 4.20. The maximum absolute atomic E-state index is 12.2. The van der Waals surface area contributed by atoms with E-state index in [0.717, 1.165) is 64.2 Å². The zero-order chi connectivity index (χ0) is 16.1. The maximum Gasteiger partial charge on any atom is 0.240 e. The summed E-state index contributed by atoms with van der Waals surface area (Å²) >= 11 is 0. The molecule has 2 amide bonds. The van der Waals surface area contributed by atoms with Crippen molar-refractivity contribution in [3.05, 3.63) is 0 Å². The molecule has 0 saturated heterocycles. The number of amides is 2. The highest BCUT2D eigenvalue weighted by molar-refractivity contribution is 5.87. The first-order valence-corrected chi connectivity index (χ1v) is 8.61. The van der Waals surface area contributed by atoms with Crippen molar-refractivity contribution in [3.63, 3.8) is 0 Å². The summed E-state index contributed by atoms with van der Waals surface area (Å²) in [5.41, 5.74) is 10.9. The topological polar surface area (TPSA) is 110 Å². The summed E-state index contributed by atoms with van der Waals surface area (Å²) in [5.74, 6) is -0.192. The molecule has 0 atom stereocenters. The number of hydrogen-bond acceptors (Lipinski definition) is 4. The van der Waals surface area contributed by atoms with Gasteiger partial charge in [-0.3, -0.25) is 9.59 Å². The lowest BCUT2D eigenvalue weighted by molar-refractivity contribution is -0.129. The predicted octanol–water partition coefficient (Wildman–Crippen LogP) is 0.542. The van der Waals surface area contributed by atoms with E-state index in [0.29, 0.717) is 13.1 Å². The number of carbonyl (C=O) groups is 2. The Bertz CT molecular complexity index is 361. The molecule has 0 heterocycles. The van der Waals surface area contributed by atoms with Crippen molar-refractivity contribution in [2.24, 2.45) is 11.5 Å². The predicted molar refractivity (Wildman–Crippen MR) is 86.0 cm³/mol. The van der Waals surface area contributed by atoms with Crippen LogP contribution in [-0.4, -0.2) is 36.0 Å². The molecule has 2 saturated carbocycles. The van der Waals surface area contributed by atoms with E-state index < -0.39 is 11.1 Å².